The van der Waals surface area contributed by atoms with Gasteiger partial charge in [0.15, 0.2) is 10.3 Å². The van der Waals surface area contributed by atoms with Gasteiger partial charge in [-0.25, -0.2) is 0 Å². The summed E-state index contributed by atoms with van der Waals surface area (Å²) in [5, 5.41) is 13.9. The maximum atomic E-state index is 9.92. The highest BCUT2D eigenvalue weighted by molar-refractivity contribution is 8.13. The number of amidine groups is 1. The zero-order chi connectivity index (χ0) is 19.9. The van der Waals surface area contributed by atoms with Crippen LogP contribution in [0.25, 0.3) is 0 Å². The summed E-state index contributed by atoms with van der Waals surface area (Å²) in [5.74, 6) is 0.877. The number of hydrogen-bond acceptors (Lipinski definition) is 5. The Morgan fingerprint density at radius 1 is 1.24 bits per heavy atom. The number of thioether (sulfide) groups is 1. The van der Waals surface area contributed by atoms with Crippen molar-refractivity contribution in [3.8, 4) is 0 Å². The number of nitrogens with one attached hydrogen (secondary N) is 1. The van der Waals surface area contributed by atoms with E-state index in [1.54, 1.807) is 0 Å². The van der Waals surface area contributed by atoms with E-state index in [2.05, 4.69) is 32.2 Å². The van der Waals surface area contributed by atoms with Crippen molar-refractivity contribution in [3.63, 3.8) is 0 Å². The molecule has 0 amide bonds. The molecule has 29 heavy (non-hydrogen) atoms. The second-order valence-corrected chi connectivity index (χ2v) is 9.04. The van der Waals surface area contributed by atoms with Crippen molar-refractivity contribution in [2.24, 2.45) is 10.7 Å². The molecule has 2 aliphatic heterocycles. The number of nitrogens with two attached hydrogens (primary N) is 1. The predicted octanol–water partition coefficient (Wildman–Crippen LogP) is 2.93. The maximum absolute atomic E-state index is 9.92. The van der Waals surface area contributed by atoms with Gasteiger partial charge in [0.2, 0.25) is 0 Å². The van der Waals surface area contributed by atoms with Crippen LogP contribution in [0, 0.1) is 0 Å². The molecule has 0 aliphatic carbocycles. The first-order chi connectivity index (χ1) is 13.5. The van der Waals surface area contributed by atoms with E-state index >= 15 is 0 Å². The largest absolute Gasteiger partial charge is 0.392 e. The summed E-state index contributed by atoms with van der Waals surface area (Å²) in [7, 11) is 0. The molecule has 4 N–H and O–H groups in total. The van der Waals surface area contributed by atoms with Crippen LogP contribution in [0.1, 0.15) is 32.6 Å². The first-order valence-corrected chi connectivity index (χ1v) is 11.5. The lowest BCUT2D eigenvalue weighted by Gasteiger charge is -2.42. The maximum Gasteiger partial charge on any atom is 0.199 e. The monoisotopic (exact) mass is 455 g/mol. The molecule has 2 fully saturated rings. The average Bonchev–Trinajstić information content (AvgIpc) is 2.69. The summed E-state index contributed by atoms with van der Waals surface area (Å²) in [6.45, 7) is 6.11. The molecular weight excluding hydrogens is 421 g/mol. The van der Waals surface area contributed by atoms with Crippen LogP contribution in [0.4, 0.5) is 11.4 Å². The molecule has 2 atom stereocenters. The molecule has 1 aromatic carbocycles. The third-order valence-corrected chi connectivity index (χ3v) is 6.27. The molecule has 0 aromatic heterocycles. The van der Waals surface area contributed by atoms with Crippen LogP contribution in [0.2, 0.25) is 0 Å². The lowest BCUT2D eigenvalue weighted by Crippen LogP contribution is -2.49. The molecule has 0 bridgehead atoms. The highest BCUT2D eigenvalue weighted by atomic mass is 32.2. The first-order valence-electron chi connectivity index (χ1n) is 10.1. The third kappa shape index (κ3) is 7.37. The van der Waals surface area contributed by atoms with E-state index in [1.165, 1.54) is 17.4 Å². The Labute approximate surface area is 187 Å². The van der Waals surface area contributed by atoms with Crippen molar-refractivity contribution in [1.82, 2.24) is 4.90 Å². The minimum atomic E-state index is -0.141. The molecule has 2 aliphatic rings. The molecule has 9 heteroatoms. The number of anilines is 2. The van der Waals surface area contributed by atoms with Gasteiger partial charge in [0.25, 0.3) is 0 Å². The fourth-order valence-corrected chi connectivity index (χ4v) is 4.72. The van der Waals surface area contributed by atoms with Crippen LogP contribution in [0.5, 0.6) is 0 Å². The van der Waals surface area contributed by atoms with Gasteiger partial charge in [0, 0.05) is 37.1 Å². The Balaban J connectivity index is 0.00000300. The number of thiocarbonyl (C=S) groups is 1. The fraction of sp³-hybridized carbons (Fsp3) is 0.600. The number of benzene rings is 1. The van der Waals surface area contributed by atoms with E-state index < -0.39 is 0 Å². The van der Waals surface area contributed by atoms with Gasteiger partial charge in [0.1, 0.15) is 0 Å². The SMILES string of the molecule is CCSC(N)=NC(=S)Nc1ccc(N2CCC(N3CCCC(O)C3)CC2)cc1.P. The third-order valence-electron chi connectivity index (χ3n) is 5.40. The summed E-state index contributed by atoms with van der Waals surface area (Å²) in [4.78, 5) is 9.10. The van der Waals surface area contributed by atoms with Gasteiger partial charge >= 0.3 is 0 Å². The summed E-state index contributed by atoms with van der Waals surface area (Å²) in [6.07, 6.45) is 4.23. The number of nitrogens with zero attached hydrogens (tertiary/aromatic N) is 3. The number of aliphatic hydroxyl groups is 1. The number of piperidine rings is 2. The van der Waals surface area contributed by atoms with Crippen molar-refractivity contribution in [3.05, 3.63) is 24.3 Å². The molecule has 2 saturated heterocycles. The predicted molar refractivity (Wildman–Crippen MR) is 136 cm³/mol. The van der Waals surface area contributed by atoms with Crippen LogP contribution in [0.3, 0.4) is 0 Å². The van der Waals surface area contributed by atoms with Crippen molar-refractivity contribution in [2.75, 3.05) is 42.1 Å². The zero-order valence-corrected chi connectivity index (χ0v) is 20.3. The average molecular weight is 456 g/mol. The standard InChI is InChI=1S/C20H31N5OS2.H3P/c1-2-28-19(21)23-20(27)22-15-5-7-16(8-6-15)24-12-9-17(10-13-24)25-11-3-4-18(26)14-25;/h5-8,17-18,26H,2-4,9-14H2,1H3,(H3,21,22,23,27);1H3. The highest BCUT2D eigenvalue weighted by Crippen LogP contribution is 2.26. The minimum Gasteiger partial charge on any atom is -0.392 e. The Hall–Kier alpha value is -0.920. The Bertz CT molecular complexity index is 680. The second-order valence-electron chi connectivity index (χ2n) is 7.37. The fourth-order valence-electron chi connectivity index (χ4n) is 3.99. The van der Waals surface area contributed by atoms with Gasteiger partial charge in [-0.2, -0.15) is 14.9 Å². The van der Waals surface area contributed by atoms with Gasteiger partial charge in [-0.15, -0.1) is 0 Å². The van der Waals surface area contributed by atoms with Crippen LogP contribution < -0.4 is 16.0 Å². The van der Waals surface area contributed by atoms with Crippen molar-refractivity contribution < 1.29 is 5.11 Å². The smallest absolute Gasteiger partial charge is 0.199 e. The van der Waals surface area contributed by atoms with Crippen molar-refractivity contribution in [1.29, 1.82) is 0 Å². The second kappa shape index (κ2) is 12.1. The molecule has 0 saturated carbocycles. The summed E-state index contributed by atoms with van der Waals surface area (Å²) in [5.41, 5.74) is 7.95. The van der Waals surface area contributed by atoms with Gasteiger partial charge in [-0.3, -0.25) is 4.90 Å². The van der Waals surface area contributed by atoms with E-state index in [0.29, 0.717) is 16.3 Å². The molecule has 162 valence electrons. The number of aliphatic hydroxyl groups excluding tert-OH is 1. The minimum absolute atomic E-state index is 0. The van der Waals surface area contributed by atoms with Gasteiger partial charge in [0.05, 0.1) is 6.10 Å². The normalized spacial score (nSPS) is 21.5. The van der Waals surface area contributed by atoms with E-state index in [0.717, 1.165) is 63.3 Å². The lowest BCUT2D eigenvalue weighted by atomic mass is 9.98. The number of likely N-dealkylation sites (tertiary alicyclic amines) is 1. The molecule has 2 unspecified atom stereocenters. The molecule has 1 aromatic rings. The van der Waals surface area contributed by atoms with Crippen molar-refractivity contribution >= 4 is 55.5 Å². The molecule has 2 heterocycles. The van der Waals surface area contributed by atoms with Gasteiger partial charge in [-0.1, -0.05) is 18.7 Å². The molecule has 0 radical (unpaired) electrons. The van der Waals surface area contributed by atoms with E-state index in [9.17, 15) is 5.11 Å². The van der Waals surface area contributed by atoms with Crippen LogP contribution in [-0.2, 0) is 0 Å². The quantitative estimate of drug-likeness (QED) is 0.279. The van der Waals surface area contributed by atoms with Crippen molar-refractivity contribution in [2.45, 2.75) is 44.8 Å². The van der Waals surface area contributed by atoms with E-state index in [4.69, 9.17) is 18.0 Å². The van der Waals surface area contributed by atoms with Crippen LogP contribution >= 0.6 is 33.9 Å². The Kier molecular flexibility index (Phi) is 10.1. The Morgan fingerprint density at radius 3 is 2.55 bits per heavy atom. The number of rotatable bonds is 4. The van der Waals surface area contributed by atoms with Crippen LogP contribution in [-0.4, -0.2) is 64.4 Å². The topological polar surface area (TPSA) is 77.1 Å². The zero-order valence-electron chi connectivity index (χ0n) is 17.2. The summed E-state index contributed by atoms with van der Waals surface area (Å²) < 4.78 is 0. The molecular formula is C20H34N5OPS2. The van der Waals surface area contributed by atoms with Crippen LogP contribution in [0.15, 0.2) is 29.3 Å². The van der Waals surface area contributed by atoms with Gasteiger partial charge in [-0.05, 0) is 74.5 Å². The number of β-amino-alcohol motifs (C(OH)–C–C–N with tert-alkyl or cyclic N) is 1. The lowest BCUT2D eigenvalue weighted by molar-refractivity contribution is 0.0398. The summed E-state index contributed by atoms with van der Waals surface area (Å²) >= 11 is 6.72. The van der Waals surface area contributed by atoms with Gasteiger partial charge < -0.3 is 21.1 Å². The van der Waals surface area contributed by atoms with E-state index in [-0.39, 0.29) is 16.0 Å². The molecule has 6 nitrogen and oxygen atoms in total. The number of aliphatic imine (C=N–C) groups is 1. The first kappa shape index (κ1) is 24.4. The Morgan fingerprint density at radius 2 is 1.93 bits per heavy atom. The highest BCUT2D eigenvalue weighted by Gasteiger charge is 2.28. The van der Waals surface area contributed by atoms with E-state index in [1.807, 2.05) is 19.1 Å². The molecule has 3 rings (SSSR count). The summed E-state index contributed by atoms with van der Waals surface area (Å²) in [6, 6.07) is 8.93. The number of hydrogen-bond donors (Lipinski definition) is 3. The molecule has 0 spiro atoms.